The van der Waals surface area contributed by atoms with Crippen LogP contribution in [0.4, 0.5) is 0 Å². The minimum atomic E-state index is -0.170. The Morgan fingerprint density at radius 2 is 2.18 bits per heavy atom. The molecule has 1 atom stereocenters. The average Bonchev–Trinajstić information content (AvgIpc) is 1.85. The Labute approximate surface area is 69.9 Å². The topological polar surface area (TPSA) is 46.2 Å². The van der Waals surface area contributed by atoms with Crippen LogP contribution in [0, 0.1) is 5.92 Å². The van der Waals surface area contributed by atoms with Crippen LogP contribution < -0.4 is 5.32 Å². The van der Waals surface area contributed by atoms with Gasteiger partial charge in [-0.1, -0.05) is 13.8 Å². The highest BCUT2D eigenvalue weighted by atomic mass is 32.2. The number of nitrogens with one attached hydrogen (secondary N) is 1. The number of hydrogen-bond acceptors (Lipinski definition) is 3. The van der Waals surface area contributed by atoms with E-state index < -0.39 is 0 Å². The summed E-state index contributed by atoms with van der Waals surface area (Å²) in [6.07, 6.45) is 0. The minimum absolute atomic E-state index is 0.0484. The Kier molecular flexibility index (Phi) is 2.54. The summed E-state index contributed by atoms with van der Waals surface area (Å²) in [6, 6.07) is 0. The Hall–Kier alpha value is -0.510. The normalized spacial score (nSPS) is 25.5. The number of imide groups is 1. The maximum atomic E-state index is 11.1. The molecule has 1 fully saturated rings. The standard InChI is InChI=1S/C7H11NO2S/c1-4(2)6-7(10)8-5(9)3-11-6/h4,6H,3H2,1-2H3,(H,8,9,10). The maximum absolute atomic E-state index is 11.1. The second-order valence-corrected chi connectivity index (χ2v) is 4.02. The highest BCUT2D eigenvalue weighted by Crippen LogP contribution is 2.22. The first kappa shape index (κ1) is 8.59. The van der Waals surface area contributed by atoms with Crippen molar-refractivity contribution in [1.29, 1.82) is 0 Å². The molecule has 1 aliphatic rings. The third-order valence-corrected chi connectivity index (χ3v) is 3.07. The molecule has 0 aromatic carbocycles. The molecule has 3 nitrogen and oxygen atoms in total. The van der Waals surface area contributed by atoms with Crippen LogP contribution in [0.2, 0.25) is 0 Å². The smallest absolute Gasteiger partial charge is 0.239 e. The van der Waals surface area contributed by atoms with Crippen molar-refractivity contribution in [2.24, 2.45) is 5.92 Å². The van der Waals surface area contributed by atoms with Crippen LogP contribution in [0.25, 0.3) is 0 Å². The summed E-state index contributed by atoms with van der Waals surface area (Å²) in [4.78, 5) is 21.8. The highest BCUT2D eigenvalue weighted by Gasteiger charge is 2.29. The van der Waals surface area contributed by atoms with E-state index in [-0.39, 0.29) is 17.1 Å². The van der Waals surface area contributed by atoms with Crippen molar-refractivity contribution in [2.75, 3.05) is 5.75 Å². The molecule has 11 heavy (non-hydrogen) atoms. The highest BCUT2D eigenvalue weighted by molar-refractivity contribution is 8.01. The van der Waals surface area contributed by atoms with E-state index in [4.69, 9.17) is 0 Å². The summed E-state index contributed by atoms with van der Waals surface area (Å²) in [5, 5.41) is 2.26. The summed E-state index contributed by atoms with van der Waals surface area (Å²) in [6.45, 7) is 3.96. The molecule has 1 aliphatic heterocycles. The summed E-state index contributed by atoms with van der Waals surface area (Å²) in [5.74, 6) is 0.403. The number of carbonyl (C=O) groups excluding carboxylic acids is 2. The zero-order valence-corrected chi connectivity index (χ0v) is 7.40. The molecule has 2 amide bonds. The van der Waals surface area contributed by atoms with Crippen LogP contribution in [0.1, 0.15) is 13.8 Å². The molecule has 0 aromatic rings. The monoisotopic (exact) mass is 173 g/mol. The predicted octanol–water partition coefficient (Wildman–Crippen LogP) is 0.401. The lowest BCUT2D eigenvalue weighted by Crippen LogP contribution is -2.45. The third-order valence-electron chi connectivity index (χ3n) is 1.52. The van der Waals surface area contributed by atoms with Gasteiger partial charge in [0.2, 0.25) is 11.8 Å². The molecular formula is C7H11NO2S. The molecular weight excluding hydrogens is 162 g/mol. The molecule has 1 rings (SSSR count). The van der Waals surface area contributed by atoms with Gasteiger partial charge in [-0.05, 0) is 5.92 Å². The molecule has 4 heteroatoms. The Bertz CT molecular complexity index is 191. The van der Waals surface area contributed by atoms with E-state index in [1.165, 1.54) is 11.8 Å². The summed E-state index contributed by atoms with van der Waals surface area (Å²) < 4.78 is 0. The average molecular weight is 173 g/mol. The van der Waals surface area contributed by atoms with E-state index in [1.54, 1.807) is 0 Å². The van der Waals surface area contributed by atoms with Crippen molar-refractivity contribution in [1.82, 2.24) is 5.32 Å². The van der Waals surface area contributed by atoms with Crippen LogP contribution >= 0.6 is 11.8 Å². The number of thioether (sulfide) groups is 1. The Morgan fingerprint density at radius 1 is 1.55 bits per heavy atom. The number of carbonyl (C=O) groups is 2. The number of rotatable bonds is 1. The van der Waals surface area contributed by atoms with Crippen LogP contribution in [0.5, 0.6) is 0 Å². The zero-order chi connectivity index (χ0) is 8.43. The van der Waals surface area contributed by atoms with Gasteiger partial charge in [0, 0.05) is 0 Å². The van der Waals surface area contributed by atoms with Gasteiger partial charge < -0.3 is 0 Å². The summed E-state index contributed by atoms with van der Waals surface area (Å²) >= 11 is 1.43. The fourth-order valence-corrected chi connectivity index (χ4v) is 1.98. The van der Waals surface area contributed by atoms with Crippen LogP contribution in [0.3, 0.4) is 0 Å². The molecule has 0 bridgehead atoms. The molecule has 1 saturated heterocycles. The second kappa shape index (κ2) is 3.26. The van der Waals surface area contributed by atoms with Crippen LogP contribution in [-0.4, -0.2) is 22.8 Å². The van der Waals surface area contributed by atoms with Crippen molar-refractivity contribution in [3.05, 3.63) is 0 Å². The maximum Gasteiger partial charge on any atom is 0.239 e. The van der Waals surface area contributed by atoms with Gasteiger partial charge in [0.15, 0.2) is 0 Å². The first-order valence-corrected chi connectivity index (χ1v) is 4.61. The molecule has 0 aromatic heterocycles. The van der Waals surface area contributed by atoms with Crippen molar-refractivity contribution in [2.45, 2.75) is 19.1 Å². The SMILES string of the molecule is CC(C)C1SCC(=O)NC1=O. The van der Waals surface area contributed by atoms with Crippen molar-refractivity contribution < 1.29 is 9.59 Å². The zero-order valence-electron chi connectivity index (χ0n) is 6.59. The fraction of sp³-hybridized carbons (Fsp3) is 0.714. The van der Waals surface area contributed by atoms with E-state index in [9.17, 15) is 9.59 Å². The van der Waals surface area contributed by atoms with Crippen molar-refractivity contribution in [3.8, 4) is 0 Å². The van der Waals surface area contributed by atoms with Crippen LogP contribution in [-0.2, 0) is 9.59 Å². The van der Waals surface area contributed by atoms with Gasteiger partial charge in [-0.2, -0.15) is 0 Å². The molecule has 62 valence electrons. The van der Waals surface area contributed by atoms with E-state index in [1.807, 2.05) is 13.8 Å². The first-order chi connectivity index (χ1) is 5.11. The molecule has 0 saturated carbocycles. The molecule has 1 N–H and O–H groups in total. The van der Waals surface area contributed by atoms with Gasteiger partial charge in [-0.3, -0.25) is 14.9 Å². The van der Waals surface area contributed by atoms with Gasteiger partial charge >= 0.3 is 0 Å². The van der Waals surface area contributed by atoms with Gasteiger partial charge in [0.25, 0.3) is 0 Å². The Morgan fingerprint density at radius 3 is 2.64 bits per heavy atom. The lowest BCUT2D eigenvalue weighted by Gasteiger charge is -2.22. The van der Waals surface area contributed by atoms with Gasteiger partial charge in [-0.15, -0.1) is 11.8 Å². The molecule has 1 unspecified atom stereocenters. The van der Waals surface area contributed by atoms with Crippen molar-refractivity contribution >= 4 is 23.6 Å². The second-order valence-electron chi connectivity index (χ2n) is 2.89. The third kappa shape index (κ3) is 1.96. The van der Waals surface area contributed by atoms with E-state index in [0.717, 1.165) is 0 Å². The lowest BCUT2D eigenvalue weighted by atomic mass is 10.1. The lowest BCUT2D eigenvalue weighted by molar-refractivity contribution is -0.129. The summed E-state index contributed by atoms with van der Waals surface area (Å²) in [7, 11) is 0. The summed E-state index contributed by atoms with van der Waals surface area (Å²) in [5.41, 5.74) is 0. The van der Waals surface area contributed by atoms with Crippen LogP contribution in [0.15, 0.2) is 0 Å². The van der Waals surface area contributed by atoms with E-state index in [0.29, 0.717) is 11.7 Å². The quantitative estimate of drug-likeness (QED) is 0.584. The molecule has 0 spiro atoms. The van der Waals surface area contributed by atoms with Gasteiger partial charge in [-0.25, -0.2) is 0 Å². The van der Waals surface area contributed by atoms with E-state index in [2.05, 4.69) is 5.32 Å². The molecule has 1 heterocycles. The molecule has 0 radical (unpaired) electrons. The van der Waals surface area contributed by atoms with Crippen molar-refractivity contribution in [3.63, 3.8) is 0 Å². The largest absolute Gasteiger partial charge is 0.295 e. The molecule has 0 aliphatic carbocycles. The van der Waals surface area contributed by atoms with E-state index >= 15 is 0 Å². The first-order valence-electron chi connectivity index (χ1n) is 3.56. The van der Waals surface area contributed by atoms with Gasteiger partial charge in [0.1, 0.15) is 0 Å². The Balaban J connectivity index is 2.57. The number of hydrogen-bond donors (Lipinski definition) is 1. The van der Waals surface area contributed by atoms with Gasteiger partial charge in [0.05, 0.1) is 11.0 Å². The minimum Gasteiger partial charge on any atom is -0.295 e. The number of amides is 2. The predicted molar refractivity (Wildman–Crippen MR) is 44.2 cm³/mol. The fourth-order valence-electron chi connectivity index (χ4n) is 0.981.